The van der Waals surface area contributed by atoms with E-state index in [0.29, 0.717) is 12.8 Å². The third kappa shape index (κ3) is 2.47. The lowest BCUT2D eigenvalue weighted by Gasteiger charge is -1.98. The van der Waals surface area contributed by atoms with Gasteiger partial charge in [0.2, 0.25) is 0 Å². The maximum absolute atomic E-state index is 13.0. The van der Waals surface area contributed by atoms with Crippen LogP contribution in [-0.4, -0.2) is 10.8 Å². The number of hydrogen-bond acceptors (Lipinski definition) is 2. The van der Waals surface area contributed by atoms with E-state index in [0.717, 1.165) is 6.20 Å². The van der Waals surface area contributed by atoms with Crippen molar-refractivity contribution in [1.82, 2.24) is 4.98 Å². The summed E-state index contributed by atoms with van der Waals surface area (Å²) in [5.74, 6) is -0.767. The molecule has 0 aliphatic heterocycles. The van der Waals surface area contributed by atoms with E-state index in [1.54, 1.807) is 6.08 Å². The number of Topliss-reactive ketones (excluding diaryl/α,β-unsaturated/α-hetero) is 1. The first kappa shape index (κ1) is 9.58. The van der Waals surface area contributed by atoms with Crippen molar-refractivity contribution in [3.05, 3.63) is 42.5 Å². The first-order chi connectivity index (χ1) is 6.25. The zero-order valence-corrected chi connectivity index (χ0v) is 7.16. The number of pyridine rings is 1. The summed E-state index contributed by atoms with van der Waals surface area (Å²) in [6, 6.07) is 1.39. The molecule has 0 radical (unpaired) electrons. The molecule has 0 bridgehead atoms. The van der Waals surface area contributed by atoms with Gasteiger partial charge >= 0.3 is 0 Å². The zero-order chi connectivity index (χ0) is 9.68. The minimum atomic E-state index is -0.559. The lowest BCUT2D eigenvalue weighted by molar-refractivity contribution is 0.0979. The summed E-state index contributed by atoms with van der Waals surface area (Å²) in [6.07, 6.45) is 4.95. The maximum Gasteiger partial charge on any atom is 0.166 e. The van der Waals surface area contributed by atoms with Crippen LogP contribution in [0.2, 0.25) is 0 Å². The van der Waals surface area contributed by atoms with Crippen LogP contribution in [0.5, 0.6) is 0 Å². The molecule has 0 saturated carbocycles. The number of carbonyl (C=O) groups is 1. The molecule has 0 saturated heterocycles. The van der Waals surface area contributed by atoms with E-state index in [9.17, 15) is 9.18 Å². The molecule has 0 amide bonds. The van der Waals surface area contributed by atoms with Crippen molar-refractivity contribution < 1.29 is 9.18 Å². The summed E-state index contributed by atoms with van der Waals surface area (Å²) >= 11 is 0. The van der Waals surface area contributed by atoms with Crippen LogP contribution in [-0.2, 0) is 0 Å². The van der Waals surface area contributed by atoms with Crippen molar-refractivity contribution in [3.8, 4) is 0 Å². The first-order valence-corrected chi connectivity index (χ1v) is 3.99. The Morgan fingerprint density at radius 3 is 3.08 bits per heavy atom. The lowest BCUT2D eigenvalue weighted by atomic mass is 10.1. The lowest BCUT2D eigenvalue weighted by Crippen LogP contribution is -2.01. The zero-order valence-electron chi connectivity index (χ0n) is 7.16. The topological polar surface area (TPSA) is 30.0 Å². The Balaban J connectivity index is 2.76. The Kier molecular flexibility index (Phi) is 3.31. The van der Waals surface area contributed by atoms with Crippen LogP contribution in [0.4, 0.5) is 4.39 Å². The molecule has 1 rings (SSSR count). The molecule has 0 spiro atoms. The molecular weight excluding hydrogens is 169 g/mol. The quantitative estimate of drug-likeness (QED) is 0.524. The van der Waals surface area contributed by atoms with Gasteiger partial charge in [0.1, 0.15) is 0 Å². The third-order valence-corrected chi connectivity index (χ3v) is 1.65. The third-order valence-electron chi connectivity index (χ3n) is 1.65. The predicted molar refractivity (Wildman–Crippen MR) is 48.0 cm³/mol. The second-order valence-corrected chi connectivity index (χ2v) is 2.61. The second-order valence-electron chi connectivity index (χ2n) is 2.61. The van der Waals surface area contributed by atoms with Crippen LogP contribution in [0.15, 0.2) is 31.1 Å². The summed E-state index contributed by atoms with van der Waals surface area (Å²) in [5.41, 5.74) is 0.108. The van der Waals surface area contributed by atoms with Crippen LogP contribution in [0, 0.1) is 5.82 Å². The second kappa shape index (κ2) is 4.50. The van der Waals surface area contributed by atoms with Gasteiger partial charge in [0.05, 0.1) is 11.8 Å². The minimum Gasteiger partial charge on any atom is -0.294 e. The molecule has 1 aromatic rings. The van der Waals surface area contributed by atoms with Gasteiger partial charge in [-0.15, -0.1) is 6.58 Å². The molecule has 0 unspecified atom stereocenters. The molecular formula is C10H10FNO. The van der Waals surface area contributed by atoms with Crippen molar-refractivity contribution in [1.29, 1.82) is 0 Å². The number of nitrogens with zero attached hydrogens (tertiary/aromatic N) is 1. The van der Waals surface area contributed by atoms with Crippen molar-refractivity contribution >= 4 is 5.78 Å². The van der Waals surface area contributed by atoms with E-state index in [1.165, 1.54) is 12.3 Å². The van der Waals surface area contributed by atoms with Crippen LogP contribution in [0.3, 0.4) is 0 Å². The molecule has 0 aliphatic carbocycles. The summed E-state index contributed by atoms with van der Waals surface area (Å²) in [5, 5.41) is 0. The molecule has 0 fully saturated rings. The Morgan fingerprint density at radius 1 is 1.69 bits per heavy atom. The van der Waals surface area contributed by atoms with Gasteiger partial charge < -0.3 is 0 Å². The van der Waals surface area contributed by atoms with Gasteiger partial charge in [-0.25, -0.2) is 4.39 Å². The van der Waals surface area contributed by atoms with Crippen molar-refractivity contribution in [2.45, 2.75) is 12.8 Å². The van der Waals surface area contributed by atoms with E-state index >= 15 is 0 Å². The highest BCUT2D eigenvalue weighted by Gasteiger charge is 2.09. The number of hydrogen-bond donors (Lipinski definition) is 0. The molecule has 0 aliphatic rings. The van der Waals surface area contributed by atoms with Crippen molar-refractivity contribution in [2.24, 2.45) is 0 Å². The molecule has 0 aromatic carbocycles. The average molecular weight is 179 g/mol. The molecule has 68 valence electrons. The van der Waals surface area contributed by atoms with Crippen LogP contribution >= 0.6 is 0 Å². The van der Waals surface area contributed by atoms with E-state index < -0.39 is 5.82 Å². The molecule has 1 heterocycles. The fourth-order valence-electron chi connectivity index (χ4n) is 0.969. The van der Waals surface area contributed by atoms with Gasteiger partial charge in [0.25, 0.3) is 0 Å². The number of aromatic nitrogens is 1. The number of allylic oxidation sites excluding steroid dienone is 1. The normalized spacial score (nSPS) is 9.62. The Bertz CT molecular complexity index is 322. The number of carbonyl (C=O) groups excluding carboxylic acids is 1. The average Bonchev–Trinajstić information content (AvgIpc) is 2.15. The Morgan fingerprint density at radius 2 is 2.46 bits per heavy atom. The first-order valence-electron chi connectivity index (χ1n) is 3.99. The van der Waals surface area contributed by atoms with Gasteiger partial charge in [-0.05, 0) is 12.5 Å². The van der Waals surface area contributed by atoms with Gasteiger partial charge in [-0.2, -0.15) is 0 Å². The van der Waals surface area contributed by atoms with Crippen molar-refractivity contribution in [2.75, 3.05) is 0 Å². The monoisotopic (exact) mass is 179 g/mol. The van der Waals surface area contributed by atoms with Crippen LogP contribution < -0.4 is 0 Å². The van der Waals surface area contributed by atoms with E-state index in [4.69, 9.17) is 0 Å². The SMILES string of the molecule is C=CCCC(=O)c1ccncc1F. The molecule has 13 heavy (non-hydrogen) atoms. The van der Waals surface area contributed by atoms with Crippen LogP contribution in [0.1, 0.15) is 23.2 Å². The van der Waals surface area contributed by atoms with E-state index in [1.807, 2.05) is 0 Å². The van der Waals surface area contributed by atoms with Gasteiger partial charge in [-0.3, -0.25) is 9.78 Å². The summed E-state index contributed by atoms with van der Waals surface area (Å²) in [7, 11) is 0. The smallest absolute Gasteiger partial charge is 0.166 e. The van der Waals surface area contributed by atoms with Gasteiger partial charge in [-0.1, -0.05) is 6.08 Å². The minimum absolute atomic E-state index is 0.108. The van der Waals surface area contributed by atoms with E-state index in [-0.39, 0.29) is 11.3 Å². The highest BCUT2D eigenvalue weighted by atomic mass is 19.1. The molecule has 0 N–H and O–H groups in total. The predicted octanol–water partition coefficient (Wildman–Crippen LogP) is 2.37. The largest absolute Gasteiger partial charge is 0.294 e. The Hall–Kier alpha value is -1.51. The van der Waals surface area contributed by atoms with E-state index in [2.05, 4.69) is 11.6 Å². The standard InChI is InChI=1S/C10H10FNO/c1-2-3-4-10(13)8-5-6-12-7-9(8)11/h2,5-7H,1,3-4H2. The van der Waals surface area contributed by atoms with Crippen LogP contribution in [0.25, 0.3) is 0 Å². The Labute approximate surface area is 76.1 Å². The van der Waals surface area contributed by atoms with Gasteiger partial charge in [0.15, 0.2) is 11.6 Å². The molecule has 3 heteroatoms. The number of rotatable bonds is 4. The number of halogens is 1. The summed E-state index contributed by atoms with van der Waals surface area (Å²) < 4.78 is 13.0. The summed E-state index contributed by atoms with van der Waals surface area (Å²) in [4.78, 5) is 14.9. The van der Waals surface area contributed by atoms with Gasteiger partial charge in [0, 0.05) is 12.6 Å². The molecule has 0 atom stereocenters. The number of ketones is 1. The van der Waals surface area contributed by atoms with Crippen molar-refractivity contribution in [3.63, 3.8) is 0 Å². The molecule has 1 aromatic heterocycles. The highest BCUT2D eigenvalue weighted by Crippen LogP contribution is 2.08. The molecule has 2 nitrogen and oxygen atoms in total. The maximum atomic E-state index is 13.0. The highest BCUT2D eigenvalue weighted by molar-refractivity contribution is 5.96. The fourth-order valence-corrected chi connectivity index (χ4v) is 0.969. The fraction of sp³-hybridized carbons (Fsp3) is 0.200. The summed E-state index contributed by atoms with van der Waals surface area (Å²) in [6.45, 7) is 3.49.